The smallest absolute Gasteiger partial charge is 0.161 e. The molecular weight excluding hydrogens is 344 g/mol. The fourth-order valence-electron chi connectivity index (χ4n) is 2.16. The van der Waals surface area contributed by atoms with Crippen LogP contribution < -0.4 is 9.47 Å². The van der Waals surface area contributed by atoms with Crippen molar-refractivity contribution < 1.29 is 14.6 Å². The van der Waals surface area contributed by atoms with E-state index in [1.54, 1.807) is 18.2 Å². The van der Waals surface area contributed by atoms with Crippen LogP contribution in [-0.4, -0.2) is 18.3 Å². The quantitative estimate of drug-likeness (QED) is 0.886. The van der Waals surface area contributed by atoms with E-state index in [0.29, 0.717) is 29.7 Å². The zero-order valence-electron chi connectivity index (χ0n) is 10.5. The predicted octanol–water partition coefficient (Wildman–Crippen LogP) is 3.96. The summed E-state index contributed by atoms with van der Waals surface area (Å²) >= 11 is 9.38. The maximum Gasteiger partial charge on any atom is 0.161 e. The molecule has 1 unspecified atom stereocenters. The van der Waals surface area contributed by atoms with E-state index in [0.717, 1.165) is 15.6 Å². The molecule has 3 nitrogen and oxygen atoms in total. The third-order valence-electron chi connectivity index (χ3n) is 3.08. The lowest BCUT2D eigenvalue weighted by atomic mass is 10.0. The maximum atomic E-state index is 10.5. The van der Waals surface area contributed by atoms with Crippen molar-refractivity contribution in [3.05, 3.63) is 57.0 Å². The molecule has 0 spiro atoms. The first-order valence-corrected chi connectivity index (χ1v) is 7.34. The zero-order chi connectivity index (χ0) is 14.1. The van der Waals surface area contributed by atoms with Crippen molar-refractivity contribution >= 4 is 27.5 Å². The average molecular weight is 356 g/mol. The van der Waals surface area contributed by atoms with Crippen molar-refractivity contribution in [1.29, 1.82) is 0 Å². The molecular formula is C15H12BrClO3. The molecule has 0 radical (unpaired) electrons. The first-order chi connectivity index (χ1) is 9.63. The summed E-state index contributed by atoms with van der Waals surface area (Å²) in [5.41, 5.74) is 1.46. The summed E-state index contributed by atoms with van der Waals surface area (Å²) in [7, 11) is 0. The van der Waals surface area contributed by atoms with Crippen molar-refractivity contribution in [2.75, 3.05) is 13.2 Å². The number of ether oxygens (including phenoxy) is 2. The van der Waals surface area contributed by atoms with Crippen LogP contribution in [-0.2, 0) is 0 Å². The van der Waals surface area contributed by atoms with E-state index in [4.69, 9.17) is 21.1 Å². The fraction of sp³-hybridized carbons (Fsp3) is 0.200. The molecule has 1 N–H and O–H groups in total. The Kier molecular flexibility index (Phi) is 3.87. The molecule has 2 aromatic carbocycles. The highest BCUT2D eigenvalue weighted by Crippen LogP contribution is 2.35. The van der Waals surface area contributed by atoms with E-state index in [-0.39, 0.29) is 0 Å². The molecule has 1 atom stereocenters. The van der Waals surface area contributed by atoms with Gasteiger partial charge in [0, 0.05) is 9.50 Å². The largest absolute Gasteiger partial charge is 0.486 e. The van der Waals surface area contributed by atoms with Gasteiger partial charge in [0.15, 0.2) is 11.5 Å². The van der Waals surface area contributed by atoms with E-state index in [2.05, 4.69) is 15.9 Å². The summed E-state index contributed by atoms with van der Waals surface area (Å²) in [5.74, 6) is 1.37. The monoisotopic (exact) mass is 354 g/mol. The van der Waals surface area contributed by atoms with Crippen molar-refractivity contribution in [3.63, 3.8) is 0 Å². The number of aliphatic hydroxyl groups excluding tert-OH is 1. The van der Waals surface area contributed by atoms with E-state index >= 15 is 0 Å². The zero-order valence-corrected chi connectivity index (χ0v) is 12.8. The highest BCUT2D eigenvalue weighted by Gasteiger charge is 2.17. The van der Waals surface area contributed by atoms with Gasteiger partial charge in [0.05, 0.1) is 0 Å². The molecule has 5 heteroatoms. The Morgan fingerprint density at radius 2 is 1.75 bits per heavy atom. The van der Waals surface area contributed by atoms with Gasteiger partial charge in [0.1, 0.15) is 19.3 Å². The van der Waals surface area contributed by atoms with Gasteiger partial charge in [-0.15, -0.1) is 0 Å². The summed E-state index contributed by atoms with van der Waals surface area (Å²) in [6.45, 7) is 1.07. The Bertz CT molecular complexity index is 625. The minimum Gasteiger partial charge on any atom is -0.486 e. The molecule has 3 rings (SSSR count). The predicted molar refractivity (Wildman–Crippen MR) is 80.6 cm³/mol. The SMILES string of the molecule is OC(c1cc(Cl)cc(Br)c1)c1ccc2c(c1)OCCO2. The Morgan fingerprint density at radius 3 is 2.50 bits per heavy atom. The first kappa shape index (κ1) is 13.7. The summed E-state index contributed by atoms with van der Waals surface area (Å²) < 4.78 is 11.8. The molecule has 20 heavy (non-hydrogen) atoms. The minimum atomic E-state index is -0.763. The van der Waals surface area contributed by atoms with E-state index in [1.165, 1.54) is 0 Å². The van der Waals surface area contributed by atoms with Crippen molar-refractivity contribution in [3.8, 4) is 11.5 Å². The number of aliphatic hydroxyl groups is 1. The minimum absolute atomic E-state index is 0.523. The number of rotatable bonds is 2. The molecule has 1 aliphatic rings. The second-order valence-electron chi connectivity index (χ2n) is 4.51. The lowest BCUT2D eigenvalue weighted by Gasteiger charge is -2.20. The number of hydrogen-bond acceptors (Lipinski definition) is 3. The van der Waals surface area contributed by atoms with Gasteiger partial charge in [-0.25, -0.2) is 0 Å². The van der Waals surface area contributed by atoms with Crippen LogP contribution in [0.2, 0.25) is 5.02 Å². The Hall–Kier alpha value is -1.23. The second kappa shape index (κ2) is 5.64. The van der Waals surface area contributed by atoms with E-state index < -0.39 is 6.10 Å². The fourth-order valence-corrected chi connectivity index (χ4v) is 3.04. The van der Waals surface area contributed by atoms with Crippen LogP contribution in [0.3, 0.4) is 0 Å². The van der Waals surface area contributed by atoms with Crippen molar-refractivity contribution in [1.82, 2.24) is 0 Å². The molecule has 0 saturated carbocycles. The van der Waals surface area contributed by atoms with Crippen molar-refractivity contribution in [2.45, 2.75) is 6.10 Å². The Labute approximate surface area is 130 Å². The highest BCUT2D eigenvalue weighted by molar-refractivity contribution is 9.10. The van der Waals surface area contributed by atoms with E-state index in [9.17, 15) is 5.11 Å². The van der Waals surface area contributed by atoms with Crippen LogP contribution in [0.5, 0.6) is 11.5 Å². The maximum absolute atomic E-state index is 10.5. The third kappa shape index (κ3) is 2.77. The molecule has 0 amide bonds. The lowest BCUT2D eigenvalue weighted by molar-refractivity contribution is 0.169. The Balaban J connectivity index is 1.95. The van der Waals surface area contributed by atoms with Gasteiger partial charge in [-0.1, -0.05) is 33.6 Å². The first-order valence-electron chi connectivity index (χ1n) is 6.17. The molecule has 0 aromatic heterocycles. The number of benzene rings is 2. The topological polar surface area (TPSA) is 38.7 Å². The molecule has 0 aliphatic carbocycles. The Morgan fingerprint density at radius 1 is 1.00 bits per heavy atom. The molecule has 0 fully saturated rings. The van der Waals surface area contributed by atoms with Gasteiger partial charge in [0.2, 0.25) is 0 Å². The van der Waals surface area contributed by atoms with Gasteiger partial charge in [-0.3, -0.25) is 0 Å². The van der Waals surface area contributed by atoms with Gasteiger partial charge < -0.3 is 14.6 Å². The molecule has 104 valence electrons. The summed E-state index contributed by atoms with van der Waals surface area (Å²) in [5, 5.41) is 11.0. The summed E-state index contributed by atoms with van der Waals surface area (Å²) in [6.07, 6.45) is -0.763. The summed E-state index contributed by atoms with van der Waals surface area (Å²) in [6, 6.07) is 10.8. The normalized spacial score (nSPS) is 14.9. The summed E-state index contributed by atoms with van der Waals surface area (Å²) in [4.78, 5) is 0. The van der Waals surface area contributed by atoms with Crippen LogP contribution >= 0.6 is 27.5 Å². The average Bonchev–Trinajstić information content (AvgIpc) is 2.45. The molecule has 1 aliphatic heterocycles. The van der Waals surface area contributed by atoms with Crippen LogP contribution in [0, 0.1) is 0 Å². The van der Waals surface area contributed by atoms with Crippen LogP contribution in [0.4, 0.5) is 0 Å². The molecule has 2 aromatic rings. The lowest BCUT2D eigenvalue weighted by Crippen LogP contribution is -2.15. The number of halogens is 2. The van der Waals surface area contributed by atoms with Gasteiger partial charge >= 0.3 is 0 Å². The van der Waals surface area contributed by atoms with Gasteiger partial charge in [-0.2, -0.15) is 0 Å². The van der Waals surface area contributed by atoms with Gasteiger partial charge in [0.25, 0.3) is 0 Å². The third-order valence-corrected chi connectivity index (χ3v) is 3.76. The molecule has 0 saturated heterocycles. The van der Waals surface area contributed by atoms with Gasteiger partial charge in [-0.05, 0) is 41.5 Å². The number of hydrogen-bond donors (Lipinski definition) is 1. The van der Waals surface area contributed by atoms with Crippen LogP contribution in [0.25, 0.3) is 0 Å². The highest BCUT2D eigenvalue weighted by atomic mass is 79.9. The number of fused-ring (bicyclic) bond motifs is 1. The second-order valence-corrected chi connectivity index (χ2v) is 5.86. The molecule has 1 heterocycles. The van der Waals surface area contributed by atoms with Crippen LogP contribution in [0.15, 0.2) is 40.9 Å². The molecule has 0 bridgehead atoms. The van der Waals surface area contributed by atoms with Crippen molar-refractivity contribution in [2.24, 2.45) is 0 Å². The van der Waals surface area contributed by atoms with Crippen LogP contribution in [0.1, 0.15) is 17.2 Å². The van der Waals surface area contributed by atoms with E-state index in [1.807, 2.05) is 18.2 Å². The standard InChI is InChI=1S/C15H12BrClO3/c16-11-5-10(6-12(17)8-11)15(18)9-1-2-13-14(7-9)20-4-3-19-13/h1-2,5-8,15,18H,3-4H2.